The zero-order valence-electron chi connectivity index (χ0n) is 9.51. The average molecular weight is 217 g/mol. The molecule has 0 amide bonds. The minimum atomic E-state index is -0.122. The van der Waals surface area contributed by atoms with Crippen molar-refractivity contribution in [1.82, 2.24) is 0 Å². The molecule has 1 aromatic rings. The van der Waals surface area contributed by atoms with Crippen LogP contribution in [0.15, 0.2) is 35.3 Å². The molecule has 3 heteroatoms. The van der Waals surface area contributed by atoms with E-state index in [2.05, 4.69) is 18.8 Å². The molecule has 0 radical (unpaired) electrons. The van der Waals surface area contributed by atoms with Gasteiger partial charge in [0.15, 0.2) is 0 Å². The fourth-order valence-electron chi connectivity index (χ4n) is 1.57. The predicted molar refractivity (Wildman–Crippen MR) is 62.8 cm³/mol. The third-order valence-corrected chi connectivity index (χ3v) is 2.67. The van der Waals surface area contributed by atoms with Crippen molar-refractivity contribution in [2.75, 3.05) is 6.61 Å². The Hall–Kier alpha value is -1.64. The molecule has 3 nitrogen and oxygen atoms in total. The number of hydrogen-bond donors (Lipinski definition) is 0. The molecule has 1 aromatic carbocycles. The van der Waals surface area contributed by atoms with Crippen molar-refractivity contribution < 1.29 is 9.53 Å². The number of carbonyl (C=O) groups excluding carboxylic acids is 1. The van der Waals surface area contributed by atoms with Gasteiger partial charge in [-0.3, -0.25) is 4.79 Å². The molecule has 0 bridgehead atoms. The van der Waals surface area contributed by atoms with Gasteiger partial charge in [-0.15, -0.1) is 0 Å². The van der Waals surface area contributed by atoms with Crippen LogP contribution < -0.4 is 0 Å². The van der Waals surface area contributed by atoms with E-state index in [0.717, 1.165) is 0 Å². The molecule has 0 aromatic heterocycles. The first kappa shape index (κ1) is 10.9. The van der Waals surface area contributed by atoms with E-state index in [1.807, 2.05) is 18.2 Å². The molecular formula is C13H15NO2. The molecule has 0 aliphatic carbocycles. The molecule has 1 aliphatic heterocycles. The number of ether oxygens (including phenoxy) is 1. The normalized spacial score (nSPS) is 19.4. The summed E-state index contributed by atoms with van der Waals surface area (Å²) in [5, 5.41) is 0. The summed E-state index contributed by atoms with van der Waals surface area (Å²) in [6.45, 7) is 4.67. The van der Waals surface area contributed by atoms with Gasteiger partial charge in [-0.25, -0.2) is 4.99 Å². The van der Waals surface area contributed by atoms with Gasteiger partial charge < -0.3 is 4.74 Å². The second kappa shape index (κ2) is 4.47. The molecule has 0 fully saturated rings. The summed E-state index contributed by atoms with van der Waals surface area (Å²) in [6, 6.07) is 9.21. The number of aliphatic imine (C=N–C) groups is 1. The third-order valence-electron chi connectivity index (χ3n) is 2.67. The van der Waals surface area contributed by atoms with E-state index in [1.54, 1.807) is 12.1 Å². The monoisotopic (exact) mass is 217 g/mol. The van der Waals surface area contributed by atoms with Crippen molar-refractivity contribution in [2.45, 2.75) is 19.9 Å². The van der Waals surface area contributed by atoms with Crippen molar-refractivity contribution in [3.63, 3.8) is 0 Å². The Kier molecular flexibility index (Phi) is 3.04. The number of Topliss-reactive ketones (excluding diaryl/α,β-unsaturated/α-hetero) is 1. The maximum atomic E-state index is 12.0. The van der Waals surface area contributed by atoms with Crippen LogP contribution in [0.25, 0.3) is 0 Å². The highest BCUT2D eigenvalue weighted by molar-refractivity contribution is 6.43. The molecule has 0 spiro atoms. The number of benzene rings is 1. The Morgan fingerprint density at radius 2 is 2.06 bits per heavy atom. The lowest BCUT2D eigenvalue weighted by Crippen LogP contribution is -2.14. The smallest absolute Gasteiger partial charge is 0.258 e. The Labute approximate surface area is 95.2 Å². The Bertz CT molecular complexity index is 409. The van der Waals surface area contributed by atoms with Crippen molar-refractivity contribution >= 4 is 11.7 Å². The molecule has 0 saturated carbocycles. The van der Waals surface area contributed by atoms with Crippen molar-refractivity contribution in [3.8, 4) is 0 Å². The van der Waals surface area contributed by atoms with Crippen LogP contribution in [0.4, 0.5) is 0 Å². The molecule has 1 atom stereocenters. The van der Waals surface area contributed by atoms with E-state index in [0.29, 0.717) is 18.1 Å². The number of rotatable bonds is 3. The van der Waals surface area contributed by atoms with E-state index in [4.69, 9.17) is 4.74 Å². The summed E-state index contributed by atoms with van der Waals surface area (Å²) < 4.78 is 5.34. The van der Waals surface area contributed by atoms with Crippen LogP contribution in [0.1, 0.15) is 24.2 Å². The van der Waals surface area contributed by atoms with Gasteiger partial charge in [0, 0.05) is 5.56 Å². The SMILES string of the molecule is CC(C)[C@@H]1COC(C(=O)c2ccccc2)=N1. The first-order valence-corrected chi connectivity index (χ1v) is 5.49. The molecule has 0 unspecified atom stereocenters. The van der Waals surface area contributed by atoms with Gasteiger partial charge in [-0.2, -0.15) is 0 Å². The van der Waals surface area contributed by atoms with E-state index in [1.165, 1.54) is 0 Å². The van der Waals surface area contributed by atoms with E-state index >= 15 is 0 Å². The minimum absolute atomic E-state index is 0.114. The topological polar surface area (TPSA) is 38.7 Å². The van der Waals surface area contributed by atoms with Crippen LogP contribution in [-0.2, 0) is 4.74 Å². The van der Waals surface area contributed by atoms with Crippen LogP contribution in [0.3, 0.4) is 0 Å². The first-order valence-electron chi connectivity index (χ1n) is 5.49. The van der Waals surface area contributed by atoms with Gasteiger partial charge >= 0.3 is 0 Å². The highest BCUT2D eigenvalue weighted by Gasteiger charge is 2.26. The van der Waals surface area contributed by atoms with Crippen molar-refractivity contribution in [3.05, 3.63) is 35.9 Å². The summed E-state index contributed by atoms with van der Waals surface area (Å²) in [7, 11) is 0. The lowest BCUT2D eigenvalue weighted by molar-refractivity contribution is 0.103. The molecule has 84 valence electrons. The third kappa shape index (κ3) is 2.13. The first-order chi connectivity index (χ1) is 7.68. The van der Waals surface area contributed by atoms with Crippen LogP contribution >= 0.6 is 0 Å². The maximum Gasteiger partial charge on any atom is 0.258 e. The van der Waals surface area contributed by atoms with Gasteiger partial charge in [-0.1, -0.05) is 44.2 Å². The molecule has 2 rings (SSSR count). The molecular weight excluding hydrogens is 202 g/mol. The highest BCUT2D eigenvalue weighted by Crippen LogP contribution is 2.15. The maximum absolute atomic E-state index is 12.0. The van der Waals surface area contributed by atoms with E-state index in [-0.39, 0.29) is 17.7 Å². The van der Waals surface area contributed by atoms with Crippen molar-refractivity contribution in [2.24, 2.45) is 10.9 Å². The van der Waals surface area contributed by atoms with E-state index in [9.17, 15) is 4.79 Å². The van der Waals surface area contributed by atoms with Gasteiger partial charge in [0.05, 0.1) is 6.04 Å². The van der Waals surface area contributed by atoms with Crippen LogP contribution in [0.2, 0.25) is 0 Å². The lowest BCUT2D eigenvalue weighted by atomic mass is 10.1. The van der Waals surface area contributed by atoms with Gasteiger partial charge in [0.25, 0.3) is 5.90 Å². The van der Waals surface area contributed by atoms with Crippen molar-refractivity contribution in [1.29, 1.82) is 0 Å². The summed E-state index contributed by atoms with van der Waals surface area (Å²) in [5.41, 5.74) is 0.630. The lowest BCUT2D eigenvalue weighted by Gasteiger charge is -2.06. The number of hydrogen-bond acceptors (Lipinski definition) is 3. The molecule has 1 heterocycles. The van der Waals surface area contributed by atoms with Crippen LogP contribution in [0.5, 0.6) is 0 Å². The Balaban J connectivity index is 2.16. The Morgan fingerprint density at radius 1 is 1.38 bits per heavy atom. The highest BCUT2D eigenvalue weighted by atomic mass is 16.5. The van der Waals surface area contributed by atoms with Crippen LogP contribution in [-0.4, -0.2) is 24.3 Å². The minimum Gasteiger partial charge on any atom is -0.473 e. The largest absolute Gasteiger partial charge is 0.473 e. The number of ketones is 1. The van der Waals surface area contributed by atoms with Gasteiger partial charge in [0.2, 0.25) is 5.78 Å². The average Bonchev–Trinajstić information content (AvgIpc) is 2.78. The Morgan fingerprint density at radius 3 is 2.62 bits per heavy atom. The fraction of sp³-hybridized carbons (Fsp3) is 0.385. The second-order valence-electron chi connectivity index (χ2n) is 4.25. The fourth-order valence-corrected chi connectivity index (χ4v) is 1.57. The predicted octanol–water partition coefficient (Wildman–Crippen LogP) is 2.32. The standard InChI is InChI=1S/C13H15NO2/c1-9(2)11-8-16-13(14-11)12(15)10-6-4-3-5-7-10/h3-7,9,11H,8H2,1-2H3/t11-/m0/s1. The zero-order chi connectivity index (χ0) is 11.5. The summed E-state index contributed by atoms with van der Waals surface area (Å²) in [5.74, 6) is 0.537. The molecule has 0 saturated heterocycles. The second-order valence-corrected chi connectivity index (χ2v) is 4.25. The summed E-state index contributed by atoms with van der Waals surface area (Å²) in [6.07, 6.45) is 0. The van der Waals surface area contributed by atoms with Gasteiger partial charge in [0.1, 0.15) is 6.61 Å². The van der Waals surface area contributed by atoms with E-state index < -0.39 is 0 Å². The quantitative estimate of drug-likeness (QED) is 0.729. The summed E-state index contributed by atoms with van der Waals surface area (Å²) >= 11 is 0. The number of nitrogens with zero attached hydrogens (tertiary/aromatic N) is 1. The zero-order valence-corrected chi connectivity index (χ0v) is 9.51. The molecule has 0 N–H and O–H groups in total. The van der Waals surface area contributed by atoms with Gasteiger partial charge in [-0.05, 0) is 5.92 Å². The molecule has 1 aliphatic rings. The molecule has 16 heavy (non-hydrogen) atoms. The number of carbonyl (C=O) groups is 1. The summed E-state index contributed by atoms with van der Waals surface area (Å²) in [4.78, 5) is 16.3. The van der Waals surface area contributed by atoms with Crippen LogP contribution in [0, 0.1) is 5.92 Å².